The topological polar surface area (TPSA) is 46.6 Å². The number of hydrogen-bond donors (Lipinski definition) is 1. The molecule has 0 radical (unpaired) electrons. The van der Waals surface area contributed by atoms with E-state index >= 15 is 0 Å². The van der Waals surface area contributed by atoms with Crippen molar-refractivity contribution >= 4 is 0 Å². The van der Waals surface area contributed by atoms with Crippen LogP contribution in [0, 0.1) is 0 Å². The van der Waals surface area contributed by atoms with Crippen molar-refractivity contribution in [2.24, 2.45) is 0 Å². The highest BCUT2D eigenvalue weighted by atomic mass is 16.5. The van der Waals surface area contributed by atoms with Crippen molar-refractivity contribution in [3.05, 3.63) is 59.9 Å². The van der Waals surface area contributed by atoms with Gasteiger partial charge >= 0.3 is 0 Å². The third-order valence-corrected chi connectivity index (χ3v) is 4.08. The van der Waals surface area contributed by atoms with Gasteiger partial charge in [-0.2, -0.15) is 0 Å². The molecule has 0 spiro atoms. The van der Waals surface area contributed by atoms with Crippen LogP contribution in [-0.4, -0.2) is 49.3 Å². The number of hydrogen-bond acceptors (Lipinski definition) is 5. The van der Waals surface area contributed by atoms with Gasteiger partial charge in [-0.3, -0.25) is 4.98 Å². The van der Waals surface area contributed by atoms with E-state index in [1.165, 1.54) is 5.56 Å². The molecule has 1 aliphatic heterocycles. The Labute approximate surface area is 143 Å². The van der Waals surface area contributed by atoms with Crippen molar-refractivity contribution in [1.82, 2.24) is 15.2 Å². The summed E-state index contributed by atoms with van der Waals surface area (Å²) in [4.78, 5) is 6.56. The molecule has 0 saturated carbocycles. The molecule has 24 heavy (non-hydrogen) atoms. The first-order chi connectivity index (χ1) is 11.8. The zero-order valence-electron chi connectivity index (χ0n) is 14.1. The van der Waals surface area contributed by atoms with Gasteiger partial charge in [0.2, 0.25) is 0 Å². The van der Waals surface area contributed by atoms with Gasteiger partial charge in [0.25, 0.3) is 0 Å². The van der Waals surface area contributed by atoms with Gasteiger partial charge in [-0.1, -0.05) is 18.2 Å². The number of nitrogens with one attached hydrogen (secondary N) is 1. The molecule has 1 fully saturated rings. The first-order valence-corrected chi connectivity index (χ1v) is 8.42. The summed E-state index contributed by atoms with van der Waals surface area (Å²) in [5, 5.41) is 3.47. The van der Waals surface area contributed by atoms with Crippen LogP contribution in [0.5, 0.6) is 5.75 Å². The summed E-state index contributed by atoms with van der Waals surface area (Å²) in [6.45, 7) is 5.05. The molecule has 2 heterocycles. The minimum absolute atomic E-state index is 0.282. The molecule has 1 aromatic heterocycles. The van der Waals surface area contributed by atoms with Crippen molar-refractivity contribution in [3.8, 4) is 5.75 Å². The molecule has 128 valence electrons. The largest absolute Gasteiger partial charge is 0.487 e. The van der Waals surface area contributed by atoms with Gasteiger partial charge in [-0.25, -0.2) is 0 Å². The normalized spacial score (nSPS) is 18.5. The first-order valence-electron chi connectivity index (χ1n) is 8.42. The number of likely N-dealkylation sites (N-methyl/N-ethyl adjacent to an activating group) is 1. The number of aromatic nitrogens is 1. The van der Waals surface area contributed by atoms with Gasteiger partial charge < -0.3 is 19.7 Å². The summed E-state index contributed by atoms with van der Waals surface area (Å²) in [5.41, 5.74) is 2.17. The third-order valence-electron chi connectivity index (χ3n) is 4.08. The Morgan fingerprint density at radius 2 is 2.12 bits per heavy atom. The first kappa shape index (κ1) is 16.9. The summed E-state index contributed by atoms with van der Waals surface area (Å²) in [6, 6.07) is 14.0. The molecule has 3 rings (SSSR count). The summed E-state index contributed by atoms with van der Waals surface area (Å²) in [6.07, 6.45) is 2.06. The summed E-state index contributed by atoms with van der Waals surface area (Å²) >= 11 is 0. The minimum Gasteiger partial charge on any atom is -0.487 e. The molecule has 5 nitrogen and oxygen atoms in total. The van der Waals surface area contributed by atoms with Crippen LogP contribution in [0.15, 0.2) is 48.7 Å². The lowest BCUT2D eigenvalue weighted by molar-refractivity contribution is -0.0182. The predicted molar refractivity (Wildman–Crippen MR) is 94.0 cm³/mol. The van der Waals surface area contributed by atoms with Crippen LogP contribution in [0.25, 0.3) is 0 Å². The van der Waals surface area contributed by atoms with Gasteiger partial charge in [-0.15, -0.1) is 0 Å². The van der Waals surface area contributed by atoms with Crippen LogP contribution >= 0.6 is 0 Å². The van der Waals surface area contributed by atoms with E-state index in [-0.39, 0.29) is 6.10 Å². The van der Waals surface area contributed by atoms with E-state index in [9.17, 15) is 0 Å². The number of rotatable bonds is 7. The molecule has 1 saturated heterocycles. The van der Waals surface area contributed by atoms with Crippen molar-refractivity contribution in [2.75, 3.05) is 33.3 Å². The highest BCUT2D eigenvalue weighted by Gasteiger charge is 2.16. The van der Waals surface area contributed by atoms with Gasteiger partial charge in [0, 0.05) is 32.4 Å². The molecule has 1 unspecified atom stereocenters. The van der Waals surface area contributed by atoms with Crippen LogP contribution in [0.4, 0.5) is 0 Å². The van der Waals surface area contributed by atoms with Crippen LogP contribution in [-0.2, 0) is 17.9 Å². The fourth-order valence-electron chi connectivity index (χ4n) is 2.71. The van der Waals surface area contributed by atoms with Gasteiger partial charge in [0.1, 0.15) is 12.4 Å². The standard InChI is InChI=1S/C19H25N3O2/c1-22-10-11-23-19(14-22)13-20-12-16-5-7-18(8-6-16)24-15-17-4-2-3-9-21-17/h2-9,19-20H,10-15H2,1H3. The monoisotopic (exact) mass is 327 g/mol. The van der Waals surface area contributed by atoms with E-state index in [2.05, 4.69) is 34.4 Å². The van der Waals surface area contributed by atoms with E-state index in [1.807, 2.05) is 30.3 Å². The van der Waals surface area contributed by atoms with Gasteiger partial charge in [-0.05, 0) is 36.9 Å². The van der Waals surface area contributed by atoms with Crippen LogP contribution in [0.3, 0.4) is 0 Å². The van der Waals surface area contributed by atoms with Crippen LogP contribution in [0.1, 0.15) is 11.3 Å². The highest BCUT2D eigenvalue weighted by Crippen LogP contribution is 2.13. The second kappa shape index (κ2) is 8.78. The molecule has 5 heteroatoms. The summed E-state index contributed by atoms with van der Waals surface area (Å²) in [7, 11) is 2.14. The zero-order valence-corrected chi connectivity index (χ0v) is 14.1. The van der Waals surface area contributed by atoms with Gasteiger partial charge in [0.15, 0.2) is 0 Å². The maximum atomic E-state index is 5.75. The highest BCUT2D eigenvalue weighted by molar-refractivity contribution is 5.27. The van der Waals surface area contributed by atoms with Gasteiger partial charge in [0.05, 0.1) is 18.4 Å². The Balaban J connectivity index is 1.39. The number of ether oxygens (including phenoxy) is 2. The maximum absolute atomic E-state index is 5.75. The Hall–Kier alpha value is -1.95. The van der Waals surface area contributed by atoms with Crippen molar-refractivity contribution in [3.63, 3.8) is 0 Å². The number of pyridine rings is 1. The molecule has 0 bridgehead atoms. The lowest BCUT2D eigenvalue weighted by Gasteiger charge is -2.30. The average Bonchev–Trinajstić information content (AvgIpc) is 2.62. The lowest BCUT2D eigenvalue weighted by Crippen LogP contribution is -2.44. The van der Waals surface area contributed by atoms with E-state index in [1.54, 1.807) is 6.20 Å². The van der Waals surface area contributed by atoms with Crippen LogP contribution < -0.4 is 10.1 Å². The smallest absolute Gasteiger partial charge is 0.130 e. The number of benzene rings is 1. The summed E-state index contributed by atoms with van der Waals surface area (Å²) < 4.78 is 11.5. The fourth-order valence-corrected chi connectivity index (χ4v) is 2.71. The fraction of sp³-hybridized carbons (Fsp3) is 0.421. The van der Waals surface area contributed by atoms with Crippen LogP contribution in [0.2, 0.25) is 0 Å². The van der Waals surface area contributed by atoms with Crippen molar-refractivity contribution in [1.29, 1.82) is 0 Å². The Morgan fingerprint density at radius 3 is 2.88 bits per heavy atom. The van der Waals surface area contributed by atoms with E-state index in [4.69, 9.17) is 9.47 Å². The summed E-state index contributed by atoms with van der Waals surface area (Å²) in [5.74, 6) is 0.863. The average molecular weight is 327 g/mol. The molecular formula is C19H25N3O2. The second-order valence-electron chi connectivity index (χ2n) is 6.14. The third kappa shape index (κ3) is 5.30. The molecule has 1 atom stereocenters. The molecule has 0 aliphatic carbocycles. The predicted octanol–water partition coefficient (Wildman–Crippen LogP) is 2.08. The molecule has 0 amide bonds. The van der Waals surface area contributed by atoms with Crippen molar-refractivity contribution in [2.45, 2.75) is 19.3 Å². The van der Waals surface area contributed by atoms with E-state index < -0.39 is 0 Å². The zero-order chi connectivity index (χ0) is 16.6. The Bertz CT molecular complexity index is 604. The molecule has 1 N–H and O–H groups in total. The minimum atomic E-state index is 0.282. The second-order valence-corrected chi connectivity index (χ2v) is 6.14. The quantitative estimate of drug-likeness (QED) is 0.844. The number of nitrogens with zero attached hydrogens (tertiary/aromatic N) is 2. The molecule has 1 aromatic carbocycles. The Morgan fingerprint density at radius 1 is 1.25 bits per heavy atom. The van der Waals surface area contributed by atoms with Crippen molar-refractivity contribution < 1.29 is 9.47 Å². The SMILES string of the molecule is CN1CCOC(CNCc2ccc(OCc3ccccn3)cc2)C1. The lowest BCUT2D eigenvalue weighted by atomic mass is 10.2. The molecular weight excluding hydrogens is 302 g/mol. The van der Waals surface area contributed by atoms with E-state index in [0.29, 0.717) is 6.61 Å². The Kier molecular flexibility index (Phi) is 6.18. The van der Waals surface area contributed by atoms with E-state index in [0.717, 1.165) is 44.2 Å². The molecule has 2 aromatic rings. The molecule has 1 aliphatic rings. The maximum Gasteiger partial charge on any atom is 0.130 e. The number of morpholine rings is 1.